The van der Waals surface area contributed by atoms with Crippen molar-refractivity contribution in [3.8, 4) is 0 Å². The van der Waals surface area contributed by atoms with Crippen LogP contribution in [-0.2, 0) is 4.74 Å². The number of hydrogen-bond donors (Lipinski definition) is 2. The van der Waals surface area contributed by atoms with Gasteiger partial charge in [-0.1, -0.05) is 40.0 Å². The Morgan fingerprint density at radius 2 is 2.00 bits per heavy atom. The van der Waals surface area contributed by atoms with Crippen LogP contribution in [0.25, 0.3) is 0 Å². The van der Waals surface area contributed by atoms with Gasteiger partial charge in [0.1, 0.15) is 0 Å². The van der Waals surface area contributed by atoms with Crippen LogP contribution in [0.15, 0.2) is 0 Å². The van der Waals surface area contributed by atoms with E-state index in [2.05, 4.69) is 26.1 Å². The Morgan fingerprint density at radius 3 is 2.68 bits per heavy atom. The number of ether oxygens (including phenoxy) is 1. The minimum absolute atomic E-state index is 0.369. The van der Waals surface area contributed by atoms with E-state index in [9.17, 15) is 5.11 Å². The molecule has 114 valence electrons. The van der Waals surface area contributed by atoms with Crippen LogP contribution >= 0.6 is 0 Å². The summed E-state index contributed by atoms with van der Waals surface area (Å²) < 4.78 is 5.46. The molecule has 0 bridgehead atoms. The lowest BCUT2D eigenvalue weighted by Crippen LogP contribution is -2.44. The first-order valence-electron chi connectivity index (χ1n) is 8.14. The predicted octanol–water partition coefficient (Wildman–Crippen LogP) is 2.97. The van der Waals surface area contributed by atoms with Crippen molar-refractivity contribution in [2.24, 2.45) is 11.8 Å². The average molecular weight is 271 g/mol. The van der Waals surface area contributed by atoms with Crippen LogP contribution in [0.3, 0.4) is 0 Å². The smallest absolute Gasteiger partial charge is 0.0897 e. The maximum atomic E-state index is 9.92. The van der Waals surface area contributed by atoms with Crippen LogP contribution in [0.4, 0.5) is 0 Å². The summed E-state index contributed by atoms with van der Waals surface area (Å²) in [6.45, 7) is 8.68. The van der Waals surface area contributed by atoms with Gasteiger partial charge in [-0.25, -0.2) is 0 Å². The number of nitrogens with one attached hydrogen (secondary N) is 1. The Kier molecular flexibility index (Phi) is 8.67. The van der Waals surface area contributed by atoms with Crippen LogP contribution in [0.5, 0.6) is 0 Å². The molecule has 0 aliphatic heterocycles. The van der Waals surface area contributed by atoms with Crippen molar-refractivity contribution in [3.63, 3.8) is 0 Å². The first-order valence-corrected chi connectivity index (χ1v) is 8.14. The maximum absolute atomic E-state index is 9.92. The summed E-state index contributed by atoms with van der Waals surface area (Å²) in [6.07, 6.45) is 7.13. The zero-order valence-corrected chi connectivity index (χ0v) is 13.0. The molecule has 1 fully saturated rings. The van der Waals surface area contributed by atoms with Gasteiger partial charge in [-0.05, 0) is 31.1 Å². The second-order valence-corrected chi connectivity index (χ2v) is 6.29. The number of rotatable bonds is 9. The minimum Gasteiger partial charge on any atom is -0.389 e. The standard InChI is InChI=1S/C16H33NO2/c1-4-5-10-19-12-14(18)11-17-16-9-7-6-8-15(16)13(2)3/h13-18H,4-12H2,1-3H3. The fourth-order valence-electron chi connectivity index (χ4n) is 3.02. The van der Waals surface area contributed by atoms with Crippen molar-refractivity contribution in [3.05, 3.63) is 0 Å². The van der Waals surface area contributed by atoms with Gasteiger partial charge >= 0.3 is 0 Å². The molecule has 0 saturated heterocycles. The Hall–Kier alpha value is -0.120. The molecular weight excluding hydrogens is 238 g/mol. The summed E-state index contributed by atoms with van der Waals surface area (Å²) in [4.78, 5) is 0. The van der Waals surface area contributed by atoms with Gasteiger partial charge in [0.05, 0.1) is 12.7 Å². The lowest BCUT2D eigenvalue weighted by atomic mass is 9.78. The molecule has 0 heterocycles. The molecule has 19 heavy (non-hydrogen) atoms. The molecule has 0 aromatic carbocycles. The van der Waals surface area contributed by atoms with Gasteiger partial charge in [0.25, 0.3) is 0 Å². The van der Waals surface area contributed by atoms with E-state index in [0.717, 1.165) is 31.3 Å². The molecule has 0 amide bonds. The normalized spacial score (nSPS) is 25.7. The molecule has 3 atom stereocenters. The molecular formula is C16H33NO2. The topological polar surface area (TPSA) is 41.5 Å². The molecule has 0 aromatic heterocycles. The summed E-state index contributed by atoms with van der Waals surface area (Å²) in [5, 5.41) is 13.5. The number of aliphatic hydroxyl groups excluding tert-OH is 1. The van der Waals surface area contributed by atoms with E-state index >= 15 is 0 Å². The van der Waals surface area contributed by atoms with E-state index < -0.39 is 0 Å². The van der Waals surface area contributed by atoms with Gasteiger partial charge < -0.3 is 15.2 Å². The van der Waals surface area contributed by atoms with E-state index in [0.29, 0.717) is 19.2 Å². The van der Waals surface area contributed by atoms with Crippen LogP contribution in [0, 0.1) is 11.8 Å². The highest BCUT2D eigenvalue weighted by molar-refractivity contribution is 4.83. The summed E-state index contributed by atoms with van der Waals surface area (Å²) in [5.74, 6) is 1.50. The van der Waals surface area contributed by atoms with E-state index in [4.69, 9.17) is 4.74 Å². The van der Waals surface area contributed by atoms with Crippen molar-refractivity contribution in [2.45, 2.75) is 71.4 Å². The summed E-state index contributed by atoms with van der Waals surface area (Å²) in [5.41, 5.74) is 0. The third kappa shape index (κ3) is 6.73. The third-order valence-corrected chi connectivity index (χ3v) is 4.24. The summed E-state index contributed by atoms with van der Waals surface area (Å²) in [6, 6.07) is 0.582. The van der Waals surface area contributed by atoms with Gasteiger partial charge in [0.15, 0.2) is 0 Å². The van der Waals surface area contributed by atoms with Crippen LogP contribution in [0.1, 0.15) is 59.3 Å². The second kappa shape index (κ2) is 9.73. The molecule has 3 heteroatoms. The zero-order chi connectivity index (χ0) is 14.1. The molecule has 3 nitrogen and oxygen atoms in total. The zero-order valence-electron chi connectivity index (χ0n) is 13.0. The van der Waals surface area contributed by atoms with E-state index in [1.807, 2.05) is 0 Å². The summed E-state index contributed by atoms with van der Waals surface area (Å²) in [7, 11) is 0. The molecule has 2 N–H and O–H groups in total. The molecule has 1 rings (SSSR count). The van der Waals surface area contributed by atoms with E-state index in [1.165, 1.54) is 25.7 Å². The van der Waals surface area contributed by atoms with Gasteiger partial charge in [-0.15, -0.1) is 0 Å². The first-order chi connectivity index (χ1) is 9.15. The summed E-state index contributed by atoms with van der Waals surface area (Å²) >= 11 is 0. The minimum atomic E-state index is -0.369. The highest BCUT2D eigenvalue weighted by Crippen LogP contribution is 2.30. The number of aliphatic hydroxyl groups is 1. The molecule has 1 saturated carbocycles. The lowest BCUT2D eigenvalue weighted by Gasteiger charge is -2.35. The van der Waals surface area contributed by atoms with Crippen LogP contribution in [0.2, 0.25) is 0 Å². The molecule has 1 aliphatic carbocycles. The van der Waals surface area contributed by atoms with Crippen molar-refractivity contribution < 1.29 is 9.84 Å². The van der Waals surface area contributed by atoms with Gasteiger partial charge in [-0.3, -0.25) is 0 Å². The second-order valence-electron chi connectivity index (χ2n) is 6.29. The Morgan fingerprint density at radius 1 is 1.26 bits per heavy atom. The molecule has 0 spiro atoms. The largest absolute Gasteiger partial charge is 0.389 e. The predicted molar refractivity (Wildman–Crippen MR) is 80.3 cm³/mol. The van der Waals surface area contributed by atoms with E-state index in [-0.39, 0.29) is 6.10 Å². The monoisotopic (exact) mass is 271 g/mol. The van der Waals surface area contributed by atoms with Gasteiger partial charge in [-0.2, -0.15) is 0 Å². The number of unbranched alkanes of at least 4 members (excludes halogenated alkanes) is 1. The highest BCUT2D eigenvalue weighted by atomic mass is 16.5. The van der Waals surface area contributed by atoms with Crippen molar-refractivity contribution in [1.82, 2.24) is 5.32 Å². The van der Waals surface area contributed by atoms with Crippen molar-refractivity contribution in [1.29, 1.82) is 0 Å². The van der Waals surface area contributed by atoms with Gasteiger partial charge in [0, 0.05) is 19.2 Å². The quantitative estimate of drug-likeness (QED) is 0.634. The van der Waals surface area contributed by atoms with Crippen LogP contribution in [-0.4, -0.2) is 37.0 Å². The average Bonchev–Trinajstić information content (AvgIpc) is 2.41. The Bertz CT molecular complexity index is 221. The molecule has 0 aromatic rings. The van der Waals surface area contributed by atoms with Crippen LogP contribution < -0.4 is 5.32 Å². The fourth-order valence-corrected chi connectivity index (χ4v) is 3.02. The van der Waals surface area contributed by atoms with Crippen molar-refractivity contribution >= 4 is 0 Å². The molecule has 1 aliphatic rings. The third-order valence-electron chi connectivity index (χ3n) is 4.24. The Labute approximate surface area is 119 Å². The maximum Gasteiger partial charge on any atom is 0.0897 e. The molecule has 0 radical (unpaired) electrons. The first kappa shape index (κ1) is 16.9. The lowest BCUT2D eigenvalue weighted by molar-refractivity contribution is 0.0316. The SMILES string of the molecule is CCCCOCC(O)CNC1CCCCC1C(C)C. The van der Waals surface area contributed by atoms with E-state index in [1.54, 1.807) is 0 Å². The Balaban J connectivity index is 2.18. The fraction of sp³-hybridized carbons (Fsp3) is 1.00. The highest BCUT2D eigenvalue weighted by Gasteiger charge is 2.27. The van der Waals surface area contributed by atoms with Gasteiger partial charge in [0.2, 0.25) is 0 Å². The number of hydrogen-bond acceptors (Lipinski definition) is 3. The molecule has 3 unspecified atom stereocenters. The van der Waals surface area contributed by atoms with Crippen molar-refractivity contribution in [2.75, 3.05) is 19.8 Å².